The molecule has 1 aromatic rings. The fourth-order valence-electron chi connectivity index (χ4n) is 1.53. The van der Waals surface area contributed by atoms with Crippen LogP contribution in [0.3, 0.4) is 0 Å². The zero-order chi connectivity index (χ0) is 15.7. The maximum absolute atomic E-state index is 11.8. The summed E-state index contributed by atoms with van der Waals surface area (Å²) in [5, 5.41) is 13.5. The Labute approximate surface area is 122 Å². The molecule has 1 unspecified atom stereocenters. The van der Waals surface area contributed by atoms with Crippen LogP contribution >= 0.6 is 0 Å². The molecule has 0 bridgehead atoms. The fraction of sp³-hybridized carbons (Fsp3) is 0.538. The third-order valence-corrected chi connectivity index (χ3v) is 2.57. The Kier molecular flexibility index (Phi) is 7.10. The minimum Gasteiger partial charge on any atom is -0.473 e. The number of rotatable bonds is 9. The van der Waals surface area contributed by atoms with Gasteiger partial charge in [-0.3, -0.25) is 4.79 Å². The molecule has 0 aromatic carbocycles. The third-order valence-electron chi connectivity index (χ3n) is 2.57. The summed E-state index contributed by atoms with van der Waals surface area (Å²) in [5.74, 6) is -0.780. The number of amides is 1. The number of aromatic nitrogens is 1. The van der Waals surface area contributed by atoms with Crippen LogP contribution in [-0.2, 0) is 9.53 Å². The Morgan fingerprint density at radius 2 is 2.33 bits per heavy atom. The van der Waals surface area contributed by atoms with E-state index in [1.54, 1.807) is 0 Å². The number of nitrogens with one attached hydrogen (secondary N) is 1. The maximum atomic E-state index is 11.8. The van der Waals surface area contributed by atoms with Gasteiger partial charge in [0, 0.05) is 19.8 Å². The number of hydrogen-bond donors (Lipinski definition) is 1. The summed E-state index contributed by atoms with van der Waals surface area (Å²) in [6.45, 7) is 5.09. The van der Waals surface area contributed by atoms with Crippen LogP contribution in [0.25, 0.3) is 0 Å². The average molecular weight is 297 g/mol. The van der Waals surface area contributed by atoms with Gasteiger partial charge in [-0.05, 0) is 42.3 Å². The lowest BCUT2D eigenvalue weighted by atomic mass is 10.3. The van der Waals surface area contributed by atoms with Crippen LogP contribution in [0.4, 0.5) is 5.82 Å². The van der Waals surface area contributed by atoms with Gasteiger partial charge in [0.1, 0.15) is 6.20 Å². The van der Waals surface area contributed by atoms with Crippen LogP contribution in [0.2, 0.25) is 0 Å². The number of carbonyl (C=O) groups is 1. The molecule has 0 aliphatic rings. The molecule has 21 heavy (non-hydrogen) atoms. The fourth-order valence-corrected chi connectivity index (χ4v) is 1.53. The van der Waals surface area contributed by atoms with E-state index < -0.39 is 16.8 Å². The maximum Gasteiger partial charge on any atom is 0.406 e. The molecular weight excluding hydrogens is 278 g/mol. The summed E-state index contributed by atoms with van der Waals surface area (Å²) < 4.78 is 10.4. The Hall–Kier alpha value is -2.22. The van der Waals surface area contributed by atoms with Crippen molar-refractivity contribution in [1.29, 1.82) is 0 Å². The lowest BCUT2D eigenvalue weighted by molar-refractivity contribution is -0.390. The average Bonchev–Trinajstić information content (AvgIpc) is 2.47. The van der Waals surface area contributed by atoms with Gasteiger partial charge < -0.3 is 24.9 Å². The second-order valence-corrected chi connectivity index (χ2v) is 4.18. The van der Waals surface area contributed by atoms with Crippen LogP contribution in [0.1, 0.15) is 20.3 Å². The molecule has 116 valence electrons. The van der Waals surface area contributed by atoms with Gasteiger partial charge in [0.2, 0.25) is 5.75 Å². The predicted molar refractivity (Wildman–Crippen MR) is 75.1 cm³/mol. The number of ether oxygens (including phenoxy) is 2. The largest absolute Gasteiger partial charge is 0.473 e. The van der Waals surface area contributed by atoms with Gasteiger partial charge in [0.05, 0.1) is 0 Å². The molecule has 0 radical (unpaired) electrons. The zero-order valence-corrected chi connectivity index (χ0v) is 12.1. The van der Waals surface area contributed by atoms with E-state index in [-0.39, 0.29) is 11.7 Å². The van der Waals surface area contributed by atoms with E-state index >= 15 is 0 Å². The van der Waals surface area contributed by atoms with E-state index in [4.69, 9.17) is 9.47 Å². The minimum atomic E-state index is -0.847. The minimum absolute atomic E-state index is 0.0283. The first-order chi connectivity index (χ1) is 10.1. The van der Waals surface area contributed by atoms with Crippen LogP contribution in [0.15, 0.2) is 18.3 Å². The summed E-state index contributed by atoms with van der Waals surface area (Å²) in [7, 11) is 0. The Morgan fingerprint density at radius 3 is 3.00 bits per heavy atom. The van der Waals surface area contributed by atoms with E-state index in [2.05, 4.69) is 10.3 Å². The summed E-state index contributed by atoms with van der Waals surface area (Å²) in [5.41, 5.74) is 0. The molecule has 1 atom stereocenters. The zero-order valence-electron chi connectivity index (χ0n) is 12.1. The second kappa shape index (κ2) is 8.85. The Balaban J connectivity index is 2.47. The number of carbonyl (C=O) groups excluding carboxylic acids is 1. The Morgan fingerprint density at radius 1 is 1.57 bits per heavy atom. The smallest absolute Gasteiger partial charge is 0.406 e. The van der Waals surface area contributed by atoms with Gasteiger partial charge in [0.15, 0.2) is 6.10 Å². The molecular formula is C13H19N3O5. The monoisotopic (exact) mass is 297 g/mol. The summed E-state index contributed by atoms with van der Waals surface area (Å²) >= 11 is 0. The van der Waals surface area contributed by atoms with Gasteiger partial charge in [0.25, 0.3) is 5.91 Å². The van der Waals surface area contributed by atoms with Crippen LogP contribution in [0.5, 0.6) is 5.75 Å². The van der Waals surface area contributed by atoms with Crippen molar-refractivity contribution in [3.8, 4) is 5.75 Å². The molecule has 1 N–H and O–H groups in total. The van der Waals surface area contributed by atoms with Crippen molar-refractivity contribution in [2.24, 2.45) is 0 Å². The van der Waals surface area contributed by atoms with E-state index in [9.17, 15) is 14.9 Å². The highest BCUT2D eigenvalue weighted by atomic mass is 16.6. The van der Waals surface area contributed by atoms with Crippen molar-refractivity contribution in [1.82, 2.24) is 10.3 Å². The highest BCUT2D eigenvalue weighted by Crippen LogP contribution is 2.23. The number of hydrogen-bond acceptors (Lipinski definition) is 6. The van der Waals surface area contributed by atoms with Crippen molar-refractivity contribution in [2.45, 2.75) is 26.4 Å². The molecule has 8 heteroatoms. The SMILES string of the molecule is CCOCCCNC(=O)C(C)Oc1cccnc1[N+](=O)[O-]. The quantitative estimate of drug-likeness (QED) is 0.418. The topological polar surface area (TPSA) is 104 Å². The molecule has 0 fully saturated rings. The molecule has 8 nitrogen and oxygen atoms in total. The van der Waals surface area contributed by atoms with E-state index in [1.165, 1.54) is 25.3 Å². The van der Waals surface area contributed by atoms with Gasteiger partial charge in [-0.15, -0.1) is 0 Å². The summed E-state index contributed by atoms with van der Waals surface area (Å²) in [4.78, 5) is 25.6. The molecule has 1 aromatic heterocycles. The Bertz CT molecular complexity index is 481. The van der Waals surface area contributed by atoms with Gasteiger partial charge in [-0.1, -0.05) is 0 Å². The molecule has 0 aliphatic carbocycles. The molecule has 0 saturated heterocycles. The number of nitrogens with zero attached hydrogens (tertiary/aromatic N) is 2. The predicted octanol–water partition coefficient (Wildman–Crippen LogP) is 1.30. The summed E-state index contributed by atoms with van der Waals surface area (Å²) in [6, 6.07) is 2.92. The van der Waals surface area contributed by atoms with Crippen LogP contribution in [-0.4, -0.2) is 41.7 Å². The molecule has 1 heterocycles. The first kappa shape index (κ1) is 16.8. The molecule has 0 spiro atoms. The third kappa shape index (κ3) is 5.74. The first-order valence-electron chi connectivity index (χ1n) is 6.67. The first-order valence-corrected chi connectivity index (χ1v) is 6.67. The van der Waals surface area contributed by atoms with Gasteiger partial charge >= 0.3 is 5.82 Å². The van der Waals surface area contributed by atoms with Crippen molar-refractivity contribution in [3.63, 3.8) is 0 Å². The van der Waals surface area contributed by atoms with E-state index in [0.29, 0.717) is 26.2 Å². The molecule has 1 rings (SSSR count). The van der Waals surface area contributed by atoms with Gasteiger partial charge in [-0.25, -0.2) is 0 Å². The molecule has 0 aliphatic heterocycles. The second-order valence-electron chi connectivity index (χ2n) is 4.18. The van der Waals surface area contributed by atoms with E-state index in [1.807, 2.05) is 6.92 Å². The normalized spacial score (nSPS) is 11.7. The van der Waals surface area contributed by atoms with Crippen molar-refractivity contribution >= 4 is 11.7 Å². The molecule has 0 saturated carbocycles. The highest BCUT2D eigenvalue weighted by Gasteiger charge is 2.21. The highest BCUT2D eigenvalue weighted by molar-refractivity contribution is 5.80. The lowest BCUT2D eigenvalue weighted by Gasteiger charge is -2.14. The van der Waals surface area contributed by atoms with Gasteiger partial charge in [-0.2, -0.15) is 0 Å². The van der Waals surface area contributed by atoms with Crippen LogP contribution < -0.4 is 10.1 Å². The van der Waals surface area contributed by atoms with Crippen molar-refractivity contribution in [3.05, 3.63) is 28.4 Å². The van der Waals surface area contributed by atoms with Crippen LogP contribution in [0, 0.1) is 10.1 Å². The number of nitro groups is 1. The molecule has 1 amide bonds. The van der Waals surface area contributed by atoms with Crippen molar-refractivity contribution < 1.29 is 19.2 Å². The number of pyridine rings is 1. The van der Waals surface area contributed by atoms with Crippen molar-refractivity contribution in [2.75, 3.05) is 19.8 Å². The lowest BCUT2D eigenvalue weighted by Crippen LogP contribution is -2.37. The standard InChI is InChI=1S/C13H19N3O5/c1-3-20-9-5-8-15-13(17)10(2)21-11-6-4-7-14-12(11)16(18)19/h4,6-7,10H,3,5,8-9H2,1-2H3,(H,15,17). The summed E-state index contributed by atoms with van der Waals surface area (Å²) in [6.07, 6.45) is 1.14. The van der Waals surface area contributed by atoms with E-state index in [0.717, 1.165) is 0 Å².